The van der Waals surface area contributed by atoms with Gasteiger partial charge in [0.15, 0.2) is 0 Å². The molecule has 0 spiro atoms. The van der Waals surface area contributed by atoms with Gasteiger partial charge in [-0.05, 0) is 31.0 Å². The molecule has 7 heteroatoms. The normalized spacial score (nSPS) is 22.9. The second-order valence-electron chi connectivity index (χ2n) is 5.14. The number of amides is 1. The van der Waals surface area contributed by atoms with E-state index in [1.165, 1.54) is 12.1 Å². The molecule has 0 saturated heterocycles. The standard InChI is InChI=1S/C14H14BrF4NO/c15-8-5-6-9(11(16)7-8)13(21)20-12-4-2-1-3-10(12)14(17,18)19/h5-7,10,12H,1-4H2,(H,20,21). The van der Waals surface area contributed by atoms with Gasteiger partial charge in [0.1, 0.15) is 5.82 Å². The van der Waals surface area contributed by atoms with Gasteiger partial charge in [0.2, 0.25) is 0 Å². The van der Waals surface area contributed by atoms with Gasteiger partial charge in [0, 0.05) is 10.5 Å². The molecule has 2 unspecified atom stereocenters. The highest BCUT2D eigenvalue weighted by molar-refractivity contribution is 9.10. The molecule has 1 fully saturated rings. The lowest BCUT2D eigenvalue weighted by Gasteiger charge is -2.33. The maximum atomic E-state index is 13.7. The van der Waals surface area contributed by atoms with Crippen molar-refractivity contribution in [2.45, 2.75) is 37.9 Å². The summed E-state index contributed by atoms with van der Waals surface area (Å²) in [5.74, 6) is -3.13. The SMILES string of the molecule is O=C(NC1CCCCC1C(F)(F)F)c1ccc(Br)cc1F. The Labute approximate surface area is 128 Å². The van der Waals surface area contributed by atoms with Crippen LogP contribution in [-0.4, -0.2) is 18.1 Å². The second-order valence-corrected chi connectivity index (χ2v) is 6.05. The van der Waals surface area contributed by atoms with Gasteiger partial charge in [0.25, 0.3) is 5.91 Å². The van der Waals surface area contributed by atoms with Gasteiger partial charge >= 0.3 is 6.18 Å². The molecule has 0 radical (unpaired) electrons. The Bertz CT molecular complexity index is 532. The van der Waals surface area contributed by atoms with Crippen LogP contribution in [0.25, 0.3) is 0 Å². The van der Waals surface area contributed by atoms with E-state index in [-0.39, 0.29) is 18.4 Å². The average molecular weight is 368 g/mol. The summed E-state index contributed by atoms with van der Waals surface area (Å²) in [6.45, 7) is 0. The summed E-state index contributed by atoms with van der Waals surface area (Å²) < 4.78 is 53.0. The predicted octanol–water partition coefficient (Wildman–Crippen LogP) is 4.44. The molecule has 116 valence electrons. The van der Waals surface area contributed by atoms with Crippen LogP contribution in [0.5, 0.6) is 0 Å². The van der Waals surface area contributed by atoms with Crippen LogP contribution in [0.4, 0.5) is 17.6 Å². The molecule has 0 aromatic heterocycles. The molecule has 21 heavy (non-hydrogen) atoms. The zero-order valence-corrected chi connectivity index (χ0v) is 12.6. The number of carbonyl (C=O) groups excluding carboxylic acids is 1. The first-order valence-corrected chi connectivity index (χ1v) is 7.41. The molecule has 1 amide bonds. The molecule has 1 saturated carbocycles. The molecule has 1 aliphatic carbocycles. The van der Waals surface area contributed by atoms with Crippen LogP contribution in [-0.2, 0) is 0 Å². The molecule has 2 nitrogen and oxygen atoms in total. The molecule has 2 atom stereocenters. The largest absolute Gasteiger partial charge is 0.393 e. The van der Waals surface area contributed by atoms with E-state index in [1.807, 2.05) is 0 Å². The van der Waals surface area contributed by atoms with Gasteiger partial charge < -0.3 is 5.32 Å². The highest BCUT2D eigenvalue weighted by Crippen LogP contribution is 2.37. The van der Waals surface area contributed by atoms with Crippen LogP contribution in [0.15, 0.2) is 22.7 Å². The highest BCUT2D eigenvalue weighted by Gasteiger charge is 2.46. The van der Waals surface area contributed by atoms with E-state index in [2.05, 4.69) is 21.2 Å². The highest BCUT2D eigenvalue weighted by atomic mass is 79.9. The number of alkyl halides is 3. The fourth-order valence-corrected chi connectivity index (χ4v) is 2.95. The fourth-order valence-electron chi connectivity index (χ4n) is 2.62. The monoisotopic (exact) mass is 367 g/mol. The van der Waals surface area contributed by atoms with Crippen molar-refractivity contribution >= 4 is 21.8 Å². The van der Waals surface area contributed by atoms with Crippen molar-refractivity contribution in [2.24, 2.45) is 5.92 Å². The Hall–Kier alpha value is -1.11. The molecule has 1 aromatic carbocycles. The Morgan fingerprint density at radius 1 is 1.24 bits per heavy atom. The van der Waals surface area contributed by atoms with Gasteiger partial charge in [0.05, 0.1) is 11.5 Å². The lowest BCUT2D eigenvalue weighted by atomic mass is 9.84. The quantitative estimate of drug-likeness (QED) is 0.769. The smallest absolute Gasteiger partial charge is 0.349 e. The summed E-state index contributed by atoms with van der Waals surface area (Å²) in [5.41, 5.74) is -0.246. The number of carbonyl (C=O) groups is 1. The van der Waals surface area contributed by atoms with E-state index in [9.17, 15) is 22.4 Å². The molecule has 1 aromatic rings. The van der Waals surface area contributed by atoms with Crippen molar-refractivity contribution in [3.05, 3.63) is 34.1 Å². The average Bonchev–Trinajstić information content (AvgIpc) is 2.37. The number of hydrogen-bond donors (Lipinski definition) is 1. The van der Waals surface area contributed by atoms with Crippen molar-refractivity contribution in [1.29, 1.82) is 0 Å². The minimum atomic E-state index is -4.35. The van der Waals surface area contributed by atoms with Crippen LogP contribution in [0.1, 0.15) is 36.0 Å². The van der Waals surface area contributed by atoms with E-state index in [4.69, 9.17) is 0 Å². The molecule has 1 aliphatic rings. The van der Waals surface area contributed by atoms with Crippen molar-refractivity contribution < 1.29 is 22.4 Å². The molecule has 0 aliphatic heterocycles. The van der Waals surface area contributed by atoms with E-state index in [0.717, 1.165) is 6.07 Å². The lowest BCUT2D eigenvalue weighted by molar-refractivity contribution is -0.187. The molecule has 2 rings (SSSR count). The summed E-state index contributed by atoms with van der Waals surface area (Å²) in [6.07, 6.45) is -2.98. The summed E-state index contributed by atoms with van der Waals surface area (Å²) >= 11 is 3.06. The van der Waals surface area contributed by atoms with E-state index >= 15 is 0 Å². The van der Waals surface area contributed by atoms with Crippen molar-refractivity contribution in [2.75, 3.05) is 0 Å². The molecule has 1 N–H and O–H groups in total. The molecule has 0 heterocycles. The third-order valence-corrected chi connectivity index (χ3v) is 4.17. The van der Waals surface area contributed by atoms with Crippen molar-refractivity contribution in [1.82, 2.24) is 5.32 Å². The van der Waals surface area contributed by atoms with Crippen LogP contribution in [0, 0.1) is 11.7 Å². The minimum Gasteiger partial charge on any atom is -0.349 e. The third-order valence-electron chi connectivity index (χ3n) is 3.68. The third kappa shape index (κ3) is 3.96. The molecular weight excluding hydrogens is 354 g/mol. The van der Waals surface area contributed by atoms with Gasteiger partial charge in [-0.2, -0.15) is 13.2 Å². The topological polar surface area (TPSA) is 29.1 Å². The van der Waals surface area contributed by atoms with Crippen LogP contribution < -0.4 is 5.32 Å². The fraction of sp³-hybridized carbons (Fsp3) is 0.500. The van der Waals surface area contributed by atoms with E-state index in [1.54, 1.807) is 0 Å². The maximum Gasteiger partial charge on any atom is 0.393 e. The number of benzene rings is 1. The maximum absolute atomic E-state index is 13.7. The van der Waals surface area contributed by atoms with Gasteiger partial charge in [-0.3, -0.25) is 4.79 Å². The van der Waals surface area contributed by atoms with Crippen LogP contribution in [0.2, 0.25) is 0 Å². The minimum absolute atomic E-state index is 0.00271. The number of rotatable bonds is 2. The first-order valence-electron chi connectivity index (χ1n) is 6.61. The first-order chi connectivity index (χ1) is 9.79. The van der Waals surface area contributed by atoms with Gasteiger partial charge in [-0.1, -0.05) is 28.8 Å². The Morgan fingerprint density at radius 2 is 1.90 bits per heavy atom. The summed E-state index contributed by atoms with van der Waals surface area (Å²) in [7, 11) is 0. The van der Waals surface area contributed by atoms with Gasteiger partial charge in [-0.25, -0.2) is 4.39 Å². The summed E-state index contributed by atoms with van der Waals surface area (Å²) in [6, 6.07) is 2.84. The molecule has 0 bridgehead atoms. The summed E-state index contributed by atoms with van der Waals surface area (Å²) in [4.78, 5) is 12.0. The van der Waals surface area contributed by atoms with E-state index in [0.29, 0.717) is 17.3 Å². The van der Waals surface area contributed by atoms with Crippen molar-refractivity contribution in [3.8, 4) is 0 Å². The van der Waals surface area contributed by atoms with E-state index < -0.39 is 29.9 Å². The Balaban J connectivity index is 2.13. The number of hydrogen-bond acceptors (Lipinski definition) is 1. The summed E-state index contributed by atoms with van der Waals surface area (Å²) in [5, 5.41) is 2.34. The number of halogens is 5. The molecular formula is C14H14BrF4NO. The zero-order chi connectivity index (χ0) is 15.6. The Kier molecular flexibility index (Phi) is 4.91. The number of nitrogens with one attached hydrogen (secondary N) is 1. The predicted molar refractivity (Wildman–Crippen MR) is 73.4 cm³/mol. The van der Waals surface area contributed by atoms with Crippen LogP contribution in [0.3, 0.4) is 0 Å². The lowest BCUT2D eigenvalue weighted by Crippen LogP contribution is -2.47. The van der Waals surface area contributed by atoms with Gasteiger partial charge in [-0.15, -0.1) is 0 Å². The Morgan fingerprint density at radius 3 is 2.52 bits per heavy atom. The van der Waals surface area contributed by atoms with Crippen LogP contribution >= 0.6 is 15.9 Å². The first kappa shape index (κ1) is 16.3. The second kappa shape index (κ2) is 6.34. The van der Waals surface area contributed by atoms with Crippen molar-refractivity contribution in [3.63, 3.8) is 0 Å². The zero-order valence-electron chi connectivity index (χ0n) is 11.0.